The molecule has 0 fully saturated rings. The highest BCUT2D eigenvalue weighted by Gasteiger charge is 2.11. The molecule has 84 valence electrons. The topological polar surface area (TPSA) is 66.5 Å². The third-order valence-electron chi connectivity index (χ3n) is 2.23. The van der Waals surface area contributed by atoms with Gasteiger partial charge in [-0.3, -0.25) is 14.5 Å². The summed E-state index contributed by atoms with van der Waals surface area (Å²) in [6.07, 6.45) is 0. The number of aromatic amines is 2. The van der Waals surface area contributed by atoms with E-state index in [2.05, 4.69) is 15.2 Å². The minimum atomic E-state index is -0.151. The average Bonchev–Trinajstić information content (AvgIpc) is 2.60. The molecular formula is C10H12N4OS. The maximum Gasteiger partial charge on any atom is 0.248 e. The third-order valence-corrected chi connectivity index (χ3v) is 2.52. The SMILES string of the molecule is CC(C)n1c(-c2cccc(=O)[nH]2)n[nH]c1=S. The molecule has 0 amide bonds. The van der Waals surface area contributed by atoms with E-state index in [0.717, 1.165) is 0 Å². The summed E-state index contributed by atoms with van der Waals surface area (Å²) in [7, 11) is 0. The molecule has 0 unspecified atom stereocenters. The van der Waals surface area contributed by atoms with E-state index in [9.17, 15) is 4.79 Å². The lowest BCUT2D eigenvalue weighted by Crippen LogP contribution is -2.08. The molecule has 2 N–H and O–H groups in total. The van der Waals surface area contributed by atoms with Crippen LogP contribution in [-0.4, -0.2) is 19.7 Å². The van der Waals surface area contributed by atoms with Gasteiger partial charge in [0.15, 0.2) is 10.6 Å². The summed E-state index contributed by atoms with van der Waals surface area (Å²) in [6, 6.07) is 5.14. The Morgan fingerprint density at radius 2 is 2.19 bits per heavy atom. The van der Waals surface area contributed by atoms with E-state index in [-0.39, 0.29) is 11.6 Å². The molecule has 0 aliphatic carbocycles. The summed E-state index contributed by atoms with van der Waals surface area (Å²) in [5, 5.41) is 6.85. The Bertz CT molecular complexity index is 608. The van der Waals surface area contributed by atoms with Gasteiger partial charge in [0.2, 0.25) is 5.56 Å². The van der Waals surface area contributed by atoms with Crippen LogP contribution in [0.3, 0.4) is 0 Å². The average molecular weight is 236 g/mol. The van der Waals surface area contributed by atoms with Crippen LogP contribution in [0, 0.1) is 4.77 Å². The molecule has 0 atom stereocenters. The van der Waals surface area contributed by atoms with Crippen LogP contribution in [0.15, 0.2) is 23.0 Å². The summed E-state index contributed by atoms with van der Waals surface area (Å²) in [6.45, 7) is 4.02. The number of hydrogen-bond acceptors (Lipinski definition) is 3. The highest BCUT2D eigenvalue weighted by Crippen LogP contribution is 2.17. The Morgan fingerprint density at radius 1 is 1.44 bits per heavy atom. The van der Waals surface area contributed by atoms with Gasteiger partial charge < -0.3 is 4.98 Å². The van der Waals surface area contributed by atoms with Gasteiger partial charge in [0, 0.05) is 12.1 Å². The number of pyridine rings is 1. The molecule has 0 bridgehead atoms. The van der Waals surface area contributed by atoms with Crippen molar-refractivity contribution in [2.45, 2.75) is 19.9 Å². The molecule has 0 saturated carbocycles. The summed E-state index contributed by atoms with van der Waals surface area (Å²) in [4.78, 5) is 13.9. The van der Waals surface area contributed by atoms with Crippen LogP contribution in [0.2, 0.25) is 0 Å². The van der Waals surface area contributed by atoms with E-state index in [4.69, 9.17) is 12.2 Å². The molecule has 0 aromatic carbocycles. The third kappa shape index (κ3) is 1.83. The number of hydrogen-bond donors (Lipinski definition) is 2. The highest BCUT2D eigenvalue weighted by atomic mass is 32.1. The number of H-pyrrole nitrogens is 2. The second-order valence-corrected chi connectivity index (χ2v) is 4.13. The van der Waals surface area contributed by atoms with E-state index in [1.165, 1.54) is 6.07 Å². The zero-order chi connectivity index (χ0) is 11.7. The lowest BCUT2D eigenvalue weighted by Gasteiger charge is -2.09. The van der Waals surface area contributed by atoms with Gasteiger partial charge in [-0.05, 0) is 32.1 Å². The number of nitrogens with zero attached hydrogens (tertiary/aromatic N) is 2. The Labute approximate surface area is 97.2 Å². The standard InChI is InChI=1S/C10H12N4OS/c1-6(2)14-9(12-13-10(14)16)7-4-3-5-8(15)11-7/h3-6H,1-2H3,(H,11,15)(H,13,16). The van der Waals surface area contributed by atoms with Crippen molar-refractivity contribution >= 4 is 12.2 Å². The largest absolute Gasteiger partial charge is 0.319 e. The molecule has 0 radical (unpaired) electrons. The maximum absolute atomic E-state index is 11.2. The quantitative estimate of drug-likeness (QED) is 0.782. The summed E-state index contributed by atoms with van der Waals surface area (Å²) in [5.74, 6) is 0.651. The highest BCUT2D eigenvalue weighted by molar-refractivity contribution is 7.71. The van der Waals surface area contributed by atoms with Crippen molar-refractivity contribution in [3.8, 4) is 11.5 Å². The molecule has 2 aromatic heterocycles. The number of rotatable bonds is 2. The fraction of sp³-hybridized carbons (Fsp3) is 0.300. The van der Waals surface area contributed by atoms with Gasteiger partial charge in [0.05, 0.1) is 5.69 Å². The number of aromatic nitrogens is 4. The van der Waals surface area contributed by atoms with Crippen molar-refractivity contribution in [3.63, 3.8) is 0 Å². The second kappa shape index (κ2) is 4.05. The van der Waals surface area contributed by atoms with E-state index >= 15 is 0 Å². The normalized spacial score (nSPS) is 10.9. The smallest absolute Gasteiger partial charge is 0.248 e. The molecule has 0 saturated heterocycles. The van der Waals surface area contributed by atoms with Crippen LogP contribution < -0.4 is 5.56 Å². The van der Waals surface area contributed by atoms with Gasteiger partial charge >= 0.3 is 0 Å². The van der Waals surface area contributed by atoms with Crippen LogP contribution in [-0.2, 0) is 0 Å². The molecule has 2 aromatic rings. The molecule has 2 heterocycles. The lowest BCUT2D eigenvalue weighted by atomic mass is 10.3. The molecule has 0 aliphatic rings. The minimum Gasteiger partial charge on any atom is -0.319 e. The van der Waals surface area contributed by atoms with E-state index in [0.29, 0.717) is 16.3 Å². The van der Waals surface area contributed by atoms with Gasteiger partial charge in [-0.2, -0.15) is 5.10 Å². The Kier molecular flexibility index (Phi) is 2.74. The van der Waals surface area contributed by atoms with Crippen LogP contribution >= 0.6 is 12.2 Å². The monoisotopic (exact) mass is 236 g/mol. The summed E-state index contributed by atoms with van der Waals surface area (Å²) >= 11 is 5.13. The first-order valence-electron chi connectivity index (χ1n) is 4.96. The van der Waals surface area contributed by atoms with E-state index in [1.807, 2.05) is 18.4 Å². The Morgan fingerprint density at radius 3 is 2.81 bits per heavy atom. The van der Waals surface area contributed by atoms with Crippen molar-refractivity contribution in [3.05, 3.63) is 33.3 Å². The Balaban J connectivity index is 2.65. The predicted molar refractivity (Wildman–Crippen MR) is 63.9 cm³/mol. The first-order chi connectivity index (χ1) is 7.59. The molecule has 16 heavy (non-hydrogen) atoms. The fourth-order valence-corrected chi connectivity index (χ4v) is 1.89. The van der Waals surface area contributed by atoms with Crippen molar-refractivity contribution in [1.82, 2.24) is 19.7 Å². The van der Waals surface area contributed by atoms with Gasteiger partial charge in [-0.15, -0.1) is 0 Å². The van der Waals surface area contributed by atoms with Crippen LogP contribution in [0.5, 0.6) is 0 Å². The second-order valence-electron chi connectivity index (χ2n) is 3.74. The minimum absolute atomic E-state index is 0.151. The lowest BCUT2D eigenvalue weighted by molar-refractivity contribution is 0.596. The zero-order valence-corrected chi connectivity index (χ0v) is 9.84. The first-order valence-corrected chi connectivity index (χ1v) is 5.37. The maximum atomic E-state index is 11.2. The Hall–Kier alpha value is -1.69. The summed E-state index contributed by atoms with van der Waals surface area (Å²) < 4.78 is 2.41. The molecule has 5 nitrogen and oxygen atoms in total. The molecule has 2 rings (SSSR count). The van der Waals surface area contributed by atoms with Crippen molar-refractivity contribution in [2.75, 3.05) is 0 Å². The molecule has 6 heteroatoms. The molecule has 0 aliphatic heterocycles. The van der Waals surface area contributed by atoms with Gasteiger partial charge in [-0.1, -0.05) is 6.07 Å². The zero-order valence-electron chi connectivity index (χ0n) is 9.02. The van der Waals surface area contributed by atoms with Crippen LogP contribution in [0.4, 0.5) is 0 Å². The van der Waals surface area contributed by atoms with Gasteiger partial charge in [0.1, 0.15) is 0 Å². The predicted octanol–water partition coefficient (Wildman–Crippen LogP) is 1.88. The van der Waals surface area contributed by atoms with E-state index in [1.54, 1.807) is 12.1 Å². The number of nitrogens with one attached hydrogen (secondary N) is 2. The summed E-state index contributed by atoms with van der Waals surface area (Å²) in [5.41, 5.74) is 0.510. The van der Waals surface area contributed by atoms with Crippen LogP contribution in [0.1, 0.15) is 19.9 Å². The van der Waals surface area contributed by atoms with Gasteiger partial charge in [-0.25, -0.2) is 0 Å². The first kappa shape index (κ1) is 10.8. The van der Waals surface area contributed by atoms with Crippen molar-refractivity contribution < 1.29 is 0 Å². The van der Waals surface area contributed by atoms with Crippen LogP contribution in [0.25, 0.3) is 11.5 Å². The molecule has 0 spiro atoms. The van der Waals surface area contributed by atoms with Crippen molar-refractivity contribution in [2.24, 2.45) is 0 Å². The van der Waals surface area contributed by atoms with Crippen molar-refractivity contribution in [1.29, 1.82) is 0 Å². The molecular weight excluding hydrogens is 224 g/mol. The fourth-order valence-electron chi connectivity index (χ4n) is 1.55. The van der Waals surface area contributed by atoms with Gasteiger partial charge in [0.25, 0.3) is 0 Å². The van der Waals surface area contributed by atoms with E-state index < -0.39 is 0 Å².